The molecule has 112 valence electrons. The molecule has 0 aliphatic carbocycles. The van der Waals surface area contributed by atoms with E-state index in [1.807, 2.05) is 20.8 Å². The lowest BCUT2D eigenvalue weighted by atomic mass is 10.1. The SMILES string of the molecule is Cc1ncccc1Oc1cc(-c2c(C)noc2C)cnc1O. The molecule has 0 unspecified atom stereocenters. The zero-order chi connectivity index (χ0) is 15.7. The Hall–Kier alpha value is -2.89. The van der Waals surface area contributed by atoms with Gasteiger partial charge in [-0.1, -0.05) is 5.16 Å². The summed E-state index contributed by atoms with van der Waals surface area (Å²) in [5, 5.41) is 13.9. The highest BCUT2D eigenvalue weighted by atomic mass is 16.5. The van der Waals surface area contributed by atoms with Gasteiger partial charge in [0.05, 0.1) is 11.4 Å². The average molecular weight is 297 g/mol. The third-order valence-electron chi connectivity index (χ3n) is 3.33. The molecule has 0 amide bonds. The first kappa shape index (κ1) is 14.1. The molecule has 0 radical (unpaired) electrons. The van der Waals surface area contributed by atoms with Gasteiger partial charge in [0.25, 0.3) is 5.88 Å². The van der Waals surface area contributed by atoms with E-state index in [1.54, 1.807) is 30.6 Å². The molecule has 6 heteroatoms. The molecule has 0 spiro atoms. The van der Waals surface area contributed by atoms with Crippen LogP contribution in [-0.2, 0) is 0 Å². The Bertz CT molecular complexity index is 808. The Labute approximate surface area is 127 Å². The smallest absolute Gasteiger partial charge is 0.255 e. The number of aromatic hydroxyl groups is 1. The van der Waals surface area contributed by atoms with E-state index < -0.39 is 0 Å². The lowest BCUT2D eigenvalue weighted by Gasteiger charge is -2.10. The number of hydrogen-bond donors (Lipinski definition) is 1. The number of nitrogens with zero attached hydrogens (tertiary/aromatic N) is 3. The van der Waals surface area contributed by atoms with Crippen LogP contribution in [0.5, 0.6) is 17.4 Å². The quantitative estimate of drug-likeness (QED) is 0.796. The topological polar surface area (TPSA) is 81.3 Å². The second-order valence-electron chi connectivity index (χ2n) is 4.93. The van der Waals surface area contributed by atoms with Gasteiger partial charge in [-0.05, 0) is 39.0 Å². The van der Waals surface area contributed by atoms with Crippen LogP contribution in [0.15, 0.2) is 35.1 Å². The van der Waals surface area contributed by atoms with Crippen LogP contribution in [-0.4, -0.2) is 20.2 Å². The standard InChI is InChI=1S/C16H15N3O3/c1-9-13(5-4-6-17-9)21-14-7-12(8-18-16(14)20)15-10(2)19-22-11(15)3/h4-8H,1-3H3,(H,18,20). The van der Waals surface area contributed by atoms with Gasteiger partial charge in [-0.2, -0.15) is 0 Å². The summed E-state index contributed by atoms with van der Waals surface area (Å²) in [7, 11) is 0. The number of pyridine rings is 2. The lowest BCUT2D eigenvalue weighted by molar-refractivity contribution is 0.392. The van der Waals surface area contributed by atoms with Crippen LogP contribution in [0.2, 0.25) is 0 Å². The Balaban J connectivity index is 2.03. The minimum Gasteiger partial charge on any atom is -0.491 e. The molecule has 3 rings (SSSR count). The molecule has 6 nitrogen and oxygen atoms in total. The maximum absolute atomic E-state index is 9.93. The molecule has 0 aliphatic heterocycles. The number of rotatable bonds is 3. The lowest BCUT2D eigenvalue weighted by Crippen LogP contribution is -1.92. The van der Waals surface area contributed by atoms with Gasteiger partial charge in [0.2, 0.25) is 0 Å². The molecular formula is C16H15N3O3. The first-order valence-electron chi connectivity index (χ1n) is 6.78. The third kappa shape index (κ3) is 2.50. The second-order valence-corrected chi connectivity index (χ2v) is 4.93. The number of aromatic nitrogens is 3. The van der Waals surface area contributed by atoms with Crippen LogP contribution in [0.1, 0.15) is 17.1 Å². The van der Waals surface area contributed by atoms with Gasteiger partial charge in [-0.15, -0.1) is 0 Å². The van der Waals surface area contributed by atoms with Gasteiger partial charge < -0.3 is 14.4 Å². The fourth-order valence-electron chi connectivity index (χ4n) is 2.24. The van der Waals surface area contributed by atoms with Crippen molar-refractivity contribution in [2.24, 2.45) is 0 Å². The second kappa shape index (κ2) is 5.48. The van der Waals surface area contributed by atoms with Crippen LogP contribution in [0.3, 0.4) is 0 Å². The Morgan fingerprint density at radius 1 is 1.09 bits per heavy atom. The minimum atomic E-state index is -0.182. The summed E-state index contributed by atoms with van der Waals surface area (Å²) in [5.74, 6) is 1.33. The molecule has 1 N–H and O–H groups in total. The van der Waals surface area contributed by atoms with E-state index in [0.29, 0.717) is 11.5 Å². The van der Waals surface area contributed by atoms with Crippen molar-refractivity contribution in [1.29, 1.82) is 0 Å². The van der Waals surface area contributed by atoms with Crippen LogP contribution >= 0.6 is 0 Å². The molecule has 3 aromatic heterocycles. The van der Waals surface area contributed by atoms with Gasteiger partial charge >= 0.3 is 0 Å². The van der Waals surface area contributed by atoms with Crippen molar-refractivity contribution >= 4 is 0 Å². The van der Waals surface area contributed by atoms with Crippen molar-refractivity contribution in [3.8, 4) is 28.5 Å². The third-order valence-corrected chi connectivity index (χ3v) is 3.33. The van der Waals surface area contributed by atoms with Crippen molar-refractivity contribution in [2.75, 3.05) is 0 Å². The molecule has 0 fully saturated rings. The Morgan fingerprint density at radius 2 is 1.91 bits per heavy atom. The van der Waals surface area contributed by atoms with E-state index in [-0.39, 0.29) is 11.6 Å². The maximum atomic E-state index is 9.93. The molecule has 0 saturated carbocycles. The normalized spacial score (nSPS) is 10.7. The molecule has 3 aromatic rings. The molecular weight excluding hydrogens is 282 g/mol. The molecule has 0 bridgehead atoms. The molecule has 0 aliphatic rings. The van der Waals surface area contributed by atoms with Crippen molar-refractivity contribution in [3.63, 3.8) is 0 Å². The fourth-order valence-corrected chi connectivity index (χ4v) is 2.24. The molecule has 3 heterocycles. The van der Waals surface area contributed by atoms with Gasteiger partial charge in [0.15, 0.2) is 5.75 Å². The molecule has 0 saturated heterocycles. The number of ether oxygens (including phenoxy) is 1. The fraction of sp³-hybridized carbons (Fsp3) is 0.188. The molecule has 0 atom stereocenters. The van der Waals surface area contributed by atoms with E-state index in [1.165, 1.54) is 0 Å². The summed E-state index contributed by atoms with van der Waals surface area (Å²) < 4.78 is 10.9. The highest BCUT2D eigenvalue weighted by molar-refractivity contribution is 5.69. The van der Waals surface area contributed by atoms with Crippen molar-refractivity contribution in [3.05, 3.63) is 47.7 Å². The van der Waals surface area contributed by atoms with Crippen molar-refractivity contribution in [1.82, 2.24) is 15.1 Å². The summed E-state index contributed by atoms with van der Waals surface area (Å²) in [6.45, 7) is 5.51. The van der Waals surface area contributed by atoms with E-state index in [2.05, 4.69) is 15.1 Å². The number of aryl methyl sites for hydroxylation is 3. The van der Waals surface area contributed by atoms with Crippen LogP contribution in [0, 0.1) is 20.8 Å². The zero-order valence-corrected chi connectivity index (χ0v) is 12.5. The van der Waals surface area contributed by atoms with Gasteiger partial charge in [-0.25, -0.2) is 4.98 Å². The van der Waals surface area contributed by atoms with E-state index >= 15 is 0 Å². The molecule has 0 aromatic carbocycles. The monoisotopic (exact) mass is 297 g/mol. The maximum Gasteiger partial charge on any atom is 0.255 e. The summed E-state index contributed by atoms with van der Waals surface area (Å²) in [6, 6.07) is 5.26. The number of hydrogen-bond acceptors (Lipinski definition) is 6. The predicted molar refractivity (Wildman–Crippen MR) is 79.9 cm³/mol. The summed E-state index contributed by atoms with van der Waals surface area (Å²) in [4.78, 5) is 8.14. The van der Waals surface area contributed by atoms with Gasteiger partial charge in [0, 0.05) is 23.5 Å². The zero-order valence-electron chi connectivity index (χ0n) is 12.5. The summed E-state index contributed by atoms with van der Waals surface area (Å²) in [6.07, 6.45) is 3.24. The Kier molecular flexibility index (Phi) is 3.50. The summed E-state index contributed by atoms with van der Waals surface area (Å²) >= 11 is 0. The van der Waals surface area contributed by atoms with E-state index in [9.17, 15) is 5.11 Å². The molecule has 22 heavy (non-hydrogen) atoms. The Morgan fingerprint density at radius 3 is 2.59 bits per heavy atom. The van der Waals surface area contributed by atoms with Gasteiger partial charge in [0.1, 0.15) is 11.5 Å². The minimum absolute atomic E-state index is 0.182. The van der Waals surface area contributed by atoms with E-state index in [0.717, 1.165) is 22.5 Å². The first-order chi connectivity index (χ1) is 10.6. The average Bonchev–Trinajstić information content (AvgIpc) is 2.83. The summed E-state index contributed by atoms with van der Waals surface area (Å²) in [5.41, 5.74) is 3.10. The van der Waals surface area contributed by atoms with Gasteiger partial charge in [-0.3, -0.25) is 4.98 Å². The van der Waals surface area contributed by atoms with Crippen molar-refractivity contribution < 1.29 is 14.4 Å². The highest BCUT2D eigenvalue weighted by Crippen LogP contribution is 2.35. The first-order valence-corrected chi connectivity index (χ1v) is 6.78. The van der Waals surface area contributed by atoms with Crippen LogP contribution in [0.25, 0.3) is 11.1 Å². The predicted octanol–water partition coefficient (Wildman–Crippen LogP) is 3.55. The van der Waals surface area contributed by atoms with Crippen molar-refractivity contribution in [2.45, 2.75) is 20.8 Å². The van der Waals surface area contributed by atoms with Crippen LogP contribution < -0.4 is 4.74 Å². The van der Waals surface area contributed by atoms with Crippen LogP contribution in [0.4, 0.5) is 0 Å². The van der Waals surface area contributed by atoms with E-state index in [4.69, 9.17) is 9.26 Å². The largest absolute Gasteiger partial charge is 0.491 e. The highest BCUT2D eigenvalue weighted by Gasteiger charge is 2.15.